The van der Waals surface area contributed by atoms with E-state index in [1.807, 2.05) is 23.7 Å². The number of hydrogen-bond acceptors (Lipinski definition) is 2. The minimum atomic E-state index is -7.14. The summed E-state index contributed by atoms with van der Waals surface area (Å²) >= 11 is 1.68. The van der Waals surface area contributed by atoms with E-state index in [4.69, 9.17) is 0 Å². The SMILES string of the molecule is FC(F)(F)C(F)(F)C(F)(F)C(F)(F)F.c1ccc2scnc2c1. The number of hydrogen-bond donors (Lipinski definition) is 0. The zero-order valence-corrected chi connectivity index (χ0v) is 11.3. The maximum atomic E-state index is 11.6. The molecular weight excluding hydrogens is 368 g/mol. The van der Waals surface area contributed by atoms with Crippen molar-refractivity contribution in [2.45, 2.75) is 24.2 Å². The third kappa shape index (κ3) is 3.85. The van der Waals surface area contributed by atoms with Crippen LogP contribution in [0.1, 0.15) is 0 Å². The molecule has 1 aromatic carbocycles. The first-order chi connectivity index (χ1) is 10.2. The number of para-hydroxylation sites is 1. The number of benzene rings is 1. The molecule has 0 bridgehead atoms. The van der Waals surface area contributed by atoms with Crippen LogP contribution in [-0.2, 0) is 0 Å². The van der Waals surface area contributed by atoms with Crippen LogP contribution in [0.25, 0.3) is 10.2 Å². The first-order valence-corrected chi connectivity index (χ1v) is 6.27. The van der Waals surface area contributed by atoms with Crippen LogP contribution >= 0.6 is 11.3 Å². The molecule has 0 saturated carbocycles. The van der Waals surface area contributed by atoms with E-state index in [0.717, 1.165) is 5.52 Å². The van der Waals surface area contributed by atoms with Gasteiger partial charge in [0.25, 0.3) is 0 Å². The Bertz CT molecular complexity index is 588. The van der Waals surface area contributed by atoms with Gasteiger partial charge < -0.3 is 0 Å². The van der Waals surface area contributed by atoms with E-state index in [-0.39, 0.29) is 0 Å². The van der Waals surface area contributed by atoms with Crippen LogP contribution in [0.4, 0.5) is 43.9 Å². The molecule has 0 amide bonds. The Morgan fingerprint density at radius 1 is 0.696 bits per heavy atom. The first-order valence-electron chi connectivity index (χ1n) is 5.39. The summed E-state index contributed by atoms with van der Waals surface area (Å²) < 4.78 is 114. The molecule has 0 radical (unpaired) electrons. The molecule has 12 heteroatoms. The molecule has 1 nitrogen and oxygen atoms in total. The highest BCUT2D eigenvalue weighted by molar-refractivity contribution is 7.16. The maximum absolute atomic E-state index is 11.6. The molecule has 0 unspecified atom stereocenters. The molecule has 0 aliphatic carbocycles. The minimum absolute atomic E-state index is 1.10. The van der Waals surface area contributed by atoms with Gasteiger partial charge in [-0.15, -0.1) is 11.3 Å². The summed E-state index contributed by atoms with van der Waals surface area (Å²) in [4.78, 5) is 4.14. The third-order valence-electron chi connectivity index (χ3n) is 2.34. The Morgan fingerprint density at radius 2 is 1.13 bits per heavy atom. The molecule has 0 saturated heterocycles. The van der Waals surface area contributed by atoms with Crippen molar-refractivity contribution in [2.75, 3.05) is 0 Å². The van der Waals surface area contributed by atoms with Gasteiger partial charge in [0.2, 0.25) is 0 Å². The van der Waals surface area contributed by atoms with Crippen LogP contribution in [0.15, 0.2) is 29.8 Å². The number of thiazole rings is 1. The molecule has 0 aliphatic heterocycles. The smallest absolute Gasteiger partial charge is 0.245 e. The number of rotatable bonds is 1. The Labute approximate surface area is 125 Å². The van der Waals surface area contributed by atoms with Crippen LogP contribution in [0, 0.1) is 0 Å². The Hall–Kier alpha value is -1.59. The molecule has 0 atom stereocenters. The largest absolute Gasteiger partial charge is 0.460 e. The fourth-order valence-electron chi connectivity index (χ4n) is 1.16. The van der Waals surface area contributed by atoms with E-state index < -0.39 is 24.2 Å². The molecular formula is C11H5F10NS. The summed E-state index contributed by atoms with van der Waals surface area (Å²) in [5, 5.41) is 0. The zero-order chi connectivity index (χ0) is 18.1. The van der Waals surface area contributed by atoms with Crippen LogP contribution < -0.4 is 0 Å². The quantitative estimate of drug-likeness (QED) is 0.587. The fourth-order valence-corrected chi connectivity index (χ4v) is 1.84. The molecule has 1 aromatic heterocycles. The molecule has 1 heterocycles. The number of nitrogens with zero attached hydrogens (tertiary/aromatic N) is 1. The molecule has 2 aromatic rings. The summed E-state index contributed by atoms with van der Waals surface area (Å²) in [5.74, 6) is -14.3. The van der Waals surface area contributed by atoms with Gasteiger partial charge >= 0.3 is 24.2 Å². The summed E-state index contributed by atoms with van der Waals surface area (Å²) in [6.07, 6.45) is -13.9. The zero-order valence-electron chi connectivity index (χ0n) is 10.5. The summed E-state index contributed by atoms with van der Waals surface area (Å²) in [6, 6.07) is 8.13. The van der Waals surface area contributed by atoms with Gasteiger partial charge in [-0.2, -0.15) is 43.9 Å². The number of fused-ring (bicyclic) bond motifs is 1. The Morgan fingerprint density at radius 3 is 1.52 bits per heavy atom. The monoisotopic (exact) mass is 373 g/mol. The van der Waals surface area contributed by atoms with Crippen molar-refractivity contribution in [2.24, 2.45) is 0 Å². The molecule has 0 fully saturated rings. The van der Waals surface area contributed by atoms with E-state index in [1.165, 1.54) is 4.70 Å². The normalized spacial score (nSPS) is 13.7. The highest BCUT2D eigenvalue weighted by Crippen LogP contribution is 2.53. The van der Waals surface area contributed by atoms with Gasteiger partial charge in [0.05, 0.1) is 15.7 Å². The average Bonchev–Trinajstić information content (AvgIpc) is 2.84. The van der Waals surface area contributed by atoms with E-state index in [0.29, 0.717) is 0 Å². The second kappa shape index (κ2) is 6.13. The van der Waals surface area contributed by atoms with Crippen LogP contribution in [0.2, 0.25) is 0 Å². The molecule has 130 valence electrons. The summed E-state index contributed by atoms with van der Waals surface area (Å²) in [5.41, 5.74) is 2.97. The second-order valence-corrected chi connectivity index (χ2v) is 4.85. The van der Waals surface area contributed by atoms with E-state index >= 15 is 0 Å². The Kier molecular flexibility index (Phi) is 5.19. The number of halogens is 10. The number of alkyl halides is 10. The van der Waals surface area contributed by atoms with Gasteiger partial charge in [-0.3, -0.25) is 0 Å². The highest BCUT2D eigenvalue weighted by atomic mass is 32.1. The van der Waals surface area contributed by atoms with Gasteiger partial charge in [-0.25, -0.2) is 4.98 Å². The summed E-state index contributed by atoms with van der Waals surface area (Å²) in [6.45, 7) is 0. The van der Waals surface area contributed by atoms with Crippen molar-refractivity contribution in [1.82, 2.24) is 4.98 Å². The lowest BCUT2D eigenvalue weighted by atomic mass is 10.1. The molecule has 0 spiro atoms. The van der Waals surface area contributed by atoms with Crippen molar-refractivity contribution >= 4 is 21.6 Å². The lowest BCUT2D eigenvalue weighted by Crippen LogP contribution is -2.59. The summed E-state index contributed by atoms with van der Waals surface area (Å²) in [7, 11) is 0. The third-order valence-corrected chi connectivity index (χ3v) is 3.15. The topological polar surface area (TPSA) is 12.9 Å². The van der Waals surface area contributed by atoms with Gasteiger partial charge in [0.1, 0.15) is 0 Å². The molecule has 23 heavy (non-hydrogen) atoms. The van der Waals surface area contributed by atoms with Gasteiger partial charge in [-0.05, 0) is 12.1 Å². The predicted molar refractivity (Wildman–Crippen MR) is 61.6 cm³/mol. The Balaban J connectivity index is 0.000000248. The predicted octanol–water partition coefficient (Wildman–Crippen LogP) is 5.68. The fraction of sp³-hybridized carbons (Fsp3) is 0.364. The van der Waals surface area contributed by atoms with Crippen LogP contribution in [-0.4, -0.2) is 29.2 Å². The van der Waals surface area contributed by atoms with Crippen molar-refractivity contribution in [3.8, 4) is 0 Å². The van der Waals surface area contributed by atoms with E-state index in [1.54, 1.807) is 11.3 Å². The van der Waals surface area contributed by atoms with Crippen molar-refractivity contribution < 1.29 is 43.9 Å². The first kappa shape index (κ1) is 19.5. The van der Waals surface area contributed by atoms with Gasteiger partial charge in [-0.1, -0.05) is 12.1 Å². The van der Waals surface area contributed by atoms with Crippen molar-refractivity contribution in [1.29, 1.82) is 0 Å². The van der Waals surface area contributed by atoms with E-state index in [2.05, 4.69) is 11.1 Å². The minimum Gasteiger partial charge on any atom is -0.245 e. The number of aromatic nitrogens is 1. The van der Waals surface area contributed by atoms with Crippen molar-refractivity contribution in [3.63, 3.8) is 0 Å². The maximum Gasteiger partial charge on any atom is 0.460 e. The van der Waals surface area contributed by atoms with Crippen LogP contribution in [0.5, 0.6) is 0 Å². The van der Waals surface area contributed by atoms with E-state index in [9.17, 15) is 43.9 Å². The standard InChI is InChI=1S/C7H5NS.C4F10/c1-2-4-7-6(3-1)8-5-9-7;5-1(6,3(9,10)11)2(7,8)4(12,13)14/h1-5H;. The molecule has 0 aliphatic rings. The highest BCUT2D eigenvalue weighted by Gasteiger charge is 2.82. The second-order valence-electron chi connectivity index (χ2n) is 3.96. The van der Waals surface area contributed by atoms with Crippen LogP contribution in [0.3, 0.4) is 0 Å². The molecule has 2 rings (SSSR count). The van der Waals surface area contributed by atoms with Gasteiger partial charge in [0, 0.05) is 0 Å². The lowest BCUT2D eigenvalue weighted by Gasteiger charge is -2.29. The lowest BCUT2D eigenvalue weighted by molar-refractivity contribution is -0.419. The molecule has 0 N–H and O–H groups in total. The van der Waals surface area contributed by atoms with Gasteiger partial charge in [0.15, 0.2) is 0 Å². The van der Waals surface area contributed by atoms with Crippen molar-refractivity contribution in [3.05, 3.63) is 29.8 Å². The average molecular weight is 373 g/mol.